The van der Waals surface area contributed by atoms with Gasteiger partial charge in [0.15, 0.2) is 6.73 Å². The van der Waals surface area contributed by atoms with E-state index in [1.54, 1.807) is 4.90 Å². The molecular formula is C34H47N3O4S. The van der Waals surface area contributed by atoms with Gasteiger partial charge in [0.2, 0.25) is 5.91 Å². The van der Waals surface area contributed by atoms with Gasteiger partial charge in [-0.25, -0.2) is 0 Å². The van der Waals surface area contributed by atoms with E-state index in [1.165, 1.54) is 18.4 Å². The number of fused-ring (bicyclic) bond motifs is 2. The highest BCUT2D eigenvalue weighted by molar-refractivity contribution is 8.00. The lowest BCUT2D eigenvalue weighted by molar-refractivity contribution is -0.149. The Balaban J connectivity index is 1.06. The molecule has 1 aromatic carbocycles. The third-order valence-corrected chi connectivity index (χ3v) is 10.1. The van der Waals surface area contributed by atoms with Crippen molar-refractivity contribution in [2.75, 3.05) is 43.6 Å². The lowest BCUT2D eigenvalue weighted by atomic mass is 9.77. The molecule has 228 valence electrons. The molecule has 2 aliphatic carbocycles. The number of hydrogen-bond acceptors (Lipinski definition) is 7. The first-order valence-corrected chi connectivity index (χ1v) is 17.0. The third-order valence-electron chi connectivity index (χ3n) is 8.86. The summed E-state index contributed by atoms with van der Waals surface area (Å²) in [6.45, 7) is 7.34. The van der Waals surface area contributed by atoms with Crippen LogP contribution in [0.3, 0.4) is 0 Å². The monoisotopic (exact) mass is 593 g/mol. The molecule has 8 heteroatoms. The van der Waals surface area contributed by atoms with Gasteiger partial charge in [-0.05, 0) is 61.9 Å². The minimum Gasteiger partial charge on any atom is -0.494 e. The Kier molecular flexibility index (Phi) is 10.8. The highest BCUT2D eigenvalue weighted by atomic mass is 32.2. The molecule has 2 aliphatic heterocycles. The SMILES string of the molecule is CC1(C)CC(=O)N(COC(=O)C2CCCCCC2)c2cc(OCCCCNCCN=C3C=CCC4SCC=C34)ccc21. The van der Waals surface area contributed by atoms with Crippen LogP contribution >= 0.6 is 11.8 Å². The van der Waals surface area contributed by atoms with Gasteiger partial charge in [0, 0.05) is 35.4 Å². The summed E-state index contributed by atoms with van der Waals surface area (Å²) < 4.78 is 11.8. The molecule has 1 amide bonds. The summed E-state index contributed by atoms with van der Waals surface area (Å²) in [6, 6.07) is 5.99. The van der Waals surface area contributed by atoms with Gasteiger partial charge >= 0.3 is 5.97 Å². The van der Waals surface area contributed by atoms with Crippen LogP contribution in [0.25, 0.3) is 0 Å². The molecule has 1 atom stereocenters. The zero-order chi connectivity index (χ0) is 29.4. The molecule has 1 N–H and O–H groups in total. The van der Waals surface area contributed by atoms with Gasteiger partial charge in [0.05, 0.1) is 30.5 Å². The van der Waals surface area contributed by atoms with Crippen LogP contribution in [0.2, 0.25) is 0 Å². The van der Waals surface area contributed by atoms with Gasteiger partial charge < -0.3 is 14.8 Å². The van der Waals surface area contributed by atoms with E-state index in [9.17, 15) is 9.59 Å². The predicted octanol–water partition coefficient (Wildman–Crippen LogP) is 6.36. The van der Waals surface area contributed by atoms with Gasteiger partial charge in [-0.3, -0.25) is 19.5 Å². The fraction of sp³-hybridized carbons (Fsp3) is 0.618. The first-order chi connectivity index (χ1) is 20.4. The van der Waals surface area contributed by atoms with Crippen LogP contribution in [0.4, 0.5) is 5.69 Å². The maximum atomic E-state index is 13.1. The molecule has 0 bridgehead atoms. The molecule has 7 nitrogen and oxygen atoms in total. The number of benzene rings is 1. The van der Waals surface area contributed by atoms with E-state index in [2.05, 4.69) is 43.5 Å². The number of rotatable bonds is 12. The van der Waals surface area contributed by atoms with E-state index in [-0.39, 0.29) is 29.9 Å². The van der Waals surface area contributed by atoms with Crippen molar-refractivity contribution in [1.82, 2.24) is 5.32 Å². The van der Waals surface area contributed by atoms with Crippen molar-refractivity contribution in [3.8, 4) is 5.75 Å². The largest absolute Gasteiger partial charge is 0.494 e. The summed E-state index contributed by atoms with van der Waals surface area (Å²) in [5.74, 6) is 1.60. The van der Waals surface area contributed by atoms with Crippen molar-refractivity contribution in [2.45, 2.75) is 88.7 Å². The fourth-order valence-electron chi connectivity index (χ4n) is 6.41. The number of nitrogens with one attached hydrogen (secondary N) is 1. The molecule has 4 aliphatic rings. The second-order valence-corrected chi connectivity index (χ2v) is 13.8. The Morgan fingerprint density at radius 2 is 1.98 bits per heavy atom. The van der Waals surface area contributed by atoms with Crippen LogP contribution < -0.4 is 15.0 Å². The summed E-state index contributed by atoms with van der Waals surface area (Å²) in [5.41, 5.74) is 4.17. The highest BCUT2D eigenvalue weighted by Gasteiger charge is 2.37. The maximum Gasteiger partial charge on any atom is 0.310 e. The molecule has 1 aromatic rings. The molecule has 42 heavy (non-hydrogen) atoms. The Morgan fingerprint density at radius 1 is 1.14 bits per heavy atom. The number of nitrogens with zero attached hydrogens (tertiary/aromatic N) is 2. The van der Waals surface area contributed by atoms with Crippen molar-refractivity contribution in [3.63, 3.8) is 0 Å². The summed E-state index contributed by atoms with van der Waals surface area (Å²) >= 11 is 2.01. The molecule has 0 saturated heterocycles. The summed E-state index contributed by atoms with van der Waals surface area (Å²) in [5, 5.41) is 4.11. The van der Waals surface area contributed by atoms with Gasteiger partial charge in [-0.2, -0.15) is 0 Å². The number of thioether (sulfide) groups is 1. The second kappa shape index (κ2) is 14.7. The van der Waals surface area contributed by atoms with E-state index in [1.807, 2.05) is 23.9 Å². The summed E-state index contributed by atoms with van der Waals surface area (Å²) in [4.78, 5) is 32.4. The molecule has 2 heterocycles. The maximum absolute atomic E-state index is 13.1. The van der Waals surface area contributed by atoms with E-state index in [4.69, 9.17) is 14.5 Å². The van der Waals surface area contributed by atoms with Gasteiger partial charge in [-0.1, -0.05) is 57.7 Å². The molecule has 1 unspecified atom stereocenters. The lowest BCUT2D eigenvalue weighted by Gasteiger charge is -2.38. The Labute approximate surface area is 255 Å². The number of amides is 1. The first-order valence-electron chi connectivity index (χ1n) is 15.9. The van der Waals surface area contributed by atoms with Gasteiger partial charge in [0.25, 0.3) is 0 Å². The van der Waals surface area contributed by atoms with Crippen molar-refractivity contribution in [3.05, 3.63) is 47.6 Å². The van der Waals surface area contributed by atoms with Crippen molar-refractivity contribution >= 4 is 35.0 Å². The van der Waals surface area contributed by atoms with Crippen LogP contribution in [0.15, 0.2) is 47.0 Å². The Bertz CT molecular complexity index is 1200. The van der Waals surface area contributed by atoms with Crippen LogP contribution in [-0.2, 0) is 19.7 Å². The van der Waals surface area contributed by atoms with Crippen molar-refractivity contribution in [1.29, 1.82) is 0 Å². The summed E-state index contributed by atoms with van der Waals surface area (Å²) in [6.07, 6.45) is 16.5. The molecule has 1 saturated carbocycles. The topological polar surface area (TPSA) is 80.2 Å². The predicted molar refractivity (Wildman–Crippen MR) is 172 cm³/mol. The zero-order valence-electron chi connectivity index (χ0n) is 25.4. The average molecular weight is 594 g/mol. The van der Waals surface area contributed by atoms with Crippen molar-refractivity contribution < 1.29 is 19.1 Å². The molecule has 0 spiro atoms. The lowest BCUT2D eigenvalue weighted by Crippen LogP contribution is -2.43. The third kappa shape index (κ3) is 7.87. The zero-order valence-corrected chi connectivity index (χ0v) is 26.2. The van der Waals surface area contributed by atoms with E-state index in [0.29, 0.717) is 18.3 Å². The normalized spacial score (nSPS) is 22.9. The molecule has 0 radical (unpaired) electrons. The minimum absolute atomic E-state index is 0.0206. The number of allylic oxidation sites excluding steroid dienone is 2. The Hall–Kier alpha value is -2.58. The average Bonchev–Trinajstić information content (AvgIpc) is 3.29. The van der Waals surface area contributed by atoms with Crippen LogP contribution in [0.5, 0.6) is 5.75 Å². The van der Waals surface area contributed by atoms with E-state index >= 15 is 0 Å². The minimum atomic E-state index is -0.287. The summed E-state index contributed by atoms with van der Waals surface area (Å²) in [7, 11) is 0. The van der Waals surface area contributed by atoms with E-state index in [0.717, 1.165) is 93.0 Å². The number of hydrogen-bond donors (Lipinski definition) is 1. The standard InChI is InChI=1S/C34H47N3O4S/c1-34(2)23-32(38)37(24-41-33(39)25-10-5-3-4-6-11-25)30-22-26(14-15-28(30)34)40-20-8-7-17-35-18-19-36-29-12-9-13-31-27(29)16-21-42-31/h9,12,14-16,22,25,31,35H,3-8,10-11,13,17-21,23-24H2,1-2H3. The fourth-order valence-corrected chi connectivity index (χ4v) is 7.56. The number of carbonyl (C=O) groups excluding carboxylic acids is 2. The second-order valence-electron chi connectivity index (χ2n) is 12.5. The number of esters is 1. The molecular weight excluding hydrogens is 546 g/mol. The van der Waals surface area contributed by atoms with Gasteiger partial charge in [0.1, 0.15) is 5.75 Å². The number of ether oxygens (including phenoxy) is 2. The number of aliphatic imine (C=N–C) groups is 1. The van der Waals surface area contributed by atoms with Crippen LogP contribution in [-0.4, -0.2) is 61.6 Å². The molecule has 5 rings (SSSR count). The number of anilines is 1. The Morgan fingerprint density at radius 3 is 2.81 bits per heavy atom. The van der Waals surface area contributed by atoms with E-state index < -0.39 is 0 Å². The van der Waals surface area contributed by atoms with Crippen LogP contribution in [0, 0.1) is 5.92 Å². The number of carbonyl (C=O) groups is 2. The first kappa shape index (κ1) is 30.9. The van der Waals surface area contributed by atoms with Crippen LogP contribution in [0.1, 0.15) is 83.6 Å². The number of unbranched alkanes of at least 4 members (excludes halogenated alkanes) is 1. The van der Waals surface area contributed by atoms with Crippen molar-refractivity contribution in [2.24, 2.45) is 10.9 Å². The van der Waals surface area contributed by atoms with Gasteiger partial charge in [-0.15, -0.1) is 11.8 Å². The highest BCUT2D eigenvalue weighted by Crippen LogP contribution is 2.42. The molecule has 0 aromatic heterocycles. The molecule has 1 fully saturated rings. The smallest absolute Gasteiger partial charge is 0.310 e. The quantitative estimate of drug-likeness (QED) is 0.173.